The lowest BCUT2D eigenvalue weighted by Gasteiger charge is -2.14. The van der Waals surface area contributed by atoms with Crippen LogP contribution in [0, 0.1) is 11.3 Å². The SMILES string of the molecule is N#Cc1ccccc1Cn1c(=O)n(Cc2ccco2)c(=O)c2ccccc21. The standard InChI is InChI=1S/C21H15N3O3/c22-12-15-6-1-2-7-16(15)13-23-19-10-4-3-9-18(19)20(25)24(21(23)26)14-17-8-5-11-27-17/h1-11H,13-14H2. The molecule has 0 N–H and O–H groups in total. The van der Waals surface area contributed by atoms with E-state index in [9.17, 15) is 14.9 Å². The lowest BCUT2D eigenvalue weighted by molar-refractivity contribution is 0.479. The molecule has 0 aliphatic rings. The van der Waals surface area contributed by atoms with Gasteiger partial charge in [-0.2, -0.15) is 5.26 Å². The molecule has 6 heteroatoms. The molecule has 2 aromatic carbocycles. The van der Waals surface area contributed by atoms with Gasteiger partial charge in [-0.05, 0) is 35.9 Å². The van der Waals surface area contributed by atoms with Crippen LogP contribution in [0.4, 0.5) is 0 Å². The Bertz CT molecular complexity index is 1270. The Balaban J connectivity index is 1.95. The molecule has 4 aromatic rings. The minimum absolute atomic E-state index is 0.0510. The number of hydrogen-bond donors (Lipinski definition) is 0. The van der Waals surface area contributed by atoms with Gasteiger partial charge in [-0.15, -0.1) is 0 Å². The van der Waals surface area contributed by atoms with E-state index in [-0.39, 0.29) is 18.6 Å². The lowest BCUT2D eigenvalue weighted by Crippen LogP contribution is -2.40. The molecule has 6 nitrogen and oxygen atoms in total. The average molecular weight is 357 g/mol. The zero-order valence-electron chi connectivity index (χ0n) is 14.3. The molecular formula is C21H15N3O3. The van der Waals surface area contributed by atoms with E-state index < -0.39 is 5.69 Å². The van der Waals surface area contributed by atoms with Gasteiger partial charge in [0.1, 0.15) is 5.76 Å². The van der Waals surface area contributed by atoms with Gasteiger partial charge in [0.05, 0.1) is 41.9 Å². The molecule has 2 aromatic heterocycles. The molecule has 27 heavy (non-hydrogen) atoms. The molecule has 0 aliphatic carbocycles. The Labute approximate surface area is 154 Å². The molecule has 0 saturated carbocycles. The first-order valence-corrected chi connectivity index (χ1v) is 8.42. The lowest BCUT2D eigenvalue weighted by atomic mass is 10.1. The molecule has 0 unspecified atom stereocenters. The Kier molecular flexibility index (Phi) is 4.19. The molecular weight excluding hydrogens is 342 g/mol. The number of nitriles is 1. The minimum Gasteiger partial charge on any atom is -0.467 e. The van der Waals surface area contributed by atoms with E-state index in [0.29, 0.717) is 22.2 Å². The van der Waals surface area contributed by atoms with Crippen LogP contribution in [0.15, 0.2) is 80.9 Å². The van der Waals surface area contributed by atoms with Crippen LogP contribution < -0.4 is 11.2 Å². The second-order valence-electron chi connectivity index (χ2n) is 6.13. The molecule has 0 saturated heterocycles. The van der Waals surface area contributed by atoms with Crippen molar-refractivity contribution in [1.82, 2.24) is 9.13 Å². The van der Waals surface area contributed by atoms with Crippen molar-refractivity contribution in [2.75, 3.05) is 0 Å². The molecule has 0 bridgehead atoms. The van der Waals surface area contributed by atoms with Crippen LogP contribution in [0.5, 0.6) is 0 Å². The highest BCUT2D eigenvalue weighted by Gasteiger charge is 2.15. The van der Waals surface area contributed by atoms with E-state index in [1.807, 2.05) is 12.1 Å². The average Bonchev–Trinajstić information content (AvgIpc) is 3.22. The van der Waals surface area contributed by atoms with Crippen molar-refractivity contribution in [2.24, 2.45) is 0 Å². The summed E-state index contributed by atoms with van der Waals surface area (Å²) in [5, 5.41) is 9.79. The van der Waals surface area contributed by atoms with Gasteiger partial charge in [-0.1, -0.05) is 30.3 Å². The molecule has 132 valence electrons. The molecule has 0 atom stereocenters. The van der Waals surface area contributed by atoms with Crippen LogP contribution in [0.25, 0.3) is 10.9 Å². The Morgan fingerprint density at radius 3 is 2.44 bits per heavy atom. The van der Waals surface area contributed by atoms with Crippen molar-refractivity contribution < 1.29 is 4.42 Å². The summed E-state index contributed by atoms with van der Waals surface area (Å²) >= 11 is 0. The number of rotatable bonds is 4. The van der Waals surface area contributed by atoms with Gasteiger partial charge in [0.15, 0.2) is 0 Å². The van der Waals surface area contributed by atoms with Crippen molar-refractivity contribution in [1.29, 1.82) is 5.26 Å². The van der Waals surface area contributed by atoms with Crippen LogP contribution >= 0.6 is 0 Å². The van der Waals surface area contributed by atoms with Gasteiger partial charge in [-0.3, -0.25) is 13.9 Å². The monoisotopic (exact) mass is 357 g/mol. The fourth-order valence-electron chi connectivity index (χ4n) is 3.16. The number of para-hydroxylation sites is 1. The first-order chi connectivity index (χ1) is 13.2. The number of benzene rings is 2. The van der Waals surface area contributed by atoms with E-state index in [1.54, 1.807) is 48.5 Å². The Morgan fingerprint density at radius 1 is 0.889 bits per heavy atom. The summed E-state index contributed by atoms with van der Waals surface area (Å²) < 4.78 is 7.99. The third-order valence-corrected chi connectivity index (χ3v) is 4.49. The van der Waals surface area contributed by atoms with Crippen molar-refractivity contribution >= 4 is 10.9 Å². The molecule has 0 spiro atoms. The van der Waals surface area contributed by atoms with Crippen LogP contribution in [0.3, 0.4) is 0 Å². The minimum atomic E-state index is -0.442. The summed E-state index contributed by atoms with van der Waals surface area (Å²) in [4.78, 5) is 26.0. The summed E-state index contributed by atoms with van der Waals surface area (Å²) in [5.74, 6) is 0.522. The summed E-state index contributed by atoms with van der Waals surface area (Å²) in [6.45, 7) is 0.247. The van der Waals surface area contributed by atoms with Gasteiger partial charge in [0.2, 0.25) is 0 Å². The van der Waals surface area contributed by atoms with E-state index >= 15 is 0 Å². The Morgan fingerprint density at radius 2 is 1.67 bits per heavy atom. The highest BCUT2D eigenvalue weighted by molar-refractivity contribution is 5.78. The van der Waals surface area contributed by atoms with E-state index in [0.717, 1.165) is 10.1 Å². The van der Waals surface area contributed by atoms with E-state index in [4.69, 9.17) is 4.42 Å². The predicted octanol–water partition coefficient (Wildman–Crippen LogP) is 2.72. The summed E-state index contributed by atoms with van der Waals surface area (Å²) in [5.41, 5.74) is 0.948. The molecule has 0 radical (unpaired) electrons. The fourth-order valence-corrected chi connectivity index (χ4v) is 3.16. The first kappa shape index (κ1) is 16.6. The largest absolute Gasteiger partial charge is 0.467 e. The van der Waals surface area contributed by atoms with Crippen LogP contribution in [-0.4, -0.2) is 9.13 Å². The summed E-state index contributed by atoms with van der Waals surface area (Å²) in [6.07, 6.45) is 1.50. The molecule has 0 aliphatic heterocycles. The maximum Gasteiger partial charge on any atom is 0.332 e. The van der Waals surface area contributed by atoms with Crippen molar-refractivity contribution in [2.45, 2.75) is 13.1 Å². The molecule has 2 heterocycles. The van der Waals surface area contributed by atoms with Crippen molar-refractivity contribution in [3.05, 3.63) is 105 Å². The molecule has 0 fully saturated rings. The quantitative estimate of drug-likeness (QED) is 0.562. The normalized spacial score (nSPS) is 10.8. The molecule has 0 amide bonds. The van der Waals surface area contributed by atoms with Crippen LogP contribution in [0.1, 0.15) is 16.9 Å². The highest BCUT2D eigenvalue weighted by atomic mass is 16.3. The van der Waals surface area contributed by atoms with Crippen molar-refractivity contribution in [3.8, 4) is 6.07 Å². The second kappa shape index (κ2) is 6.81. The maximum atomic E-state index is 13.1. The third-order valence-electron chi connectivity index (χ3n) is 4.49. The summed E-state index contributed by atoms with van der Waals surface area (Å²) in [7, 11) is 0. The first-order valence-electron chi connectivity index (χ1n) is 8.42. The smallest absolute Gasteiger partial charge is 0.332 e. The number of fused-ring (bicyclic) bond motifs is 1. The maximum absolute atomic E-state index is 13.1. The number of hydrogen-bond acceptors (Lipinski definition) is 4. The fraction of sp³-hybridized carbons (Fsp3) is 0.0952. The van der Waals surface area contributed by atoms with Gasteiger partial charge in [0, 0.05) is 0 Å². The topological polar surface area (TPSA) is 80.9 Å². The van der Waals surface area contributed by atoms with Crippen LogP contribution in [-0.2, 0) is 13.1 Å². The highest BCUT2D eigenvalue weighted by Crippen LogP contribution is 2.13. The second-order valence-corrected chi connectivity index (χ2v) is 6.13. The number of furan rings is 1. The number of nitrogens with zero attached hydrogens (tertiary/aromatic N) is 3. The van der Waals surface area contributed by atoms with Gasteiger partial charge >= 0.3 is 5.69 Å². The predicted molar refractivity (Wildman–Crippen MR) is 101 cm³/mol. The van der Waals surface area contributed by atoms with Crippen molar-refractivity contribution in [3.63, 3.8) is 0 Å². The van der Waals surface area contributed by atoms with Gasteiger partial charge < -0.3 is 4.42 Å². The molecule has 4 rings (SSSR count). The van der Waals surface area contributed by atoms with E-state index in [2.05, 4.69) is 6.07 Å². The van der Waals surface area contributed by atoms with E-state index in [1.165, 1.54) is 10.8 Å². The van der Waals surface area contributed by atoms with Gasteiger partial charge in [-0.25, -0.2) is 4.79 Å². The number of aromatic nitrogens is 2. The zero-order chi connectivity index (χ0) is 18.8. The van der Waals surface area contributed by atoms with Gasteiger partial charge in [0.25, 0.3) is 5.56 Å². The zero-order valence-corrected chi connectivity index (χ0v) is 14.3. The van der Waals surface area contributed by atoms with Crippen LogP contribution in [0.2, 0.25) is 0 Å². The summed E-state index contributed by atoms with van der Waals surface area (Å²) in [6, 6.07) is 19.7. The Hall–Kier alpha value is -3.85. The third kappa shape index (κ3) is 2.96.